The zero-order valence-corrected chi connectivity index (χ0v) is 27.2. The van der Waals surface area contributed by atoms with E-state index in [9.17, 15) is 10.1 Å². The van der Waals surface area contributed by atoms with Gasteiger partial charge in [0.25, 0.3) is 0 Å². The highest BCUT2D eigenvalue weighted by Gasteiger charge is 2.51. The Morgan fingerprint density at radius 3 is 2.65 bits per heavy atom. The monoisotopic (exact) mass is 647 g/mol. The summed E-state index contributed by atoms with van der Waals surface area (Å²) in [5.74, 6) is -0.890. The number of carbonyl (C=O) groups is 1. The molecule has 1 aliphatic carbocycles. The minimum absolute atomic E-state index is 0.0324. The van der Waals surface area contributed by atoms with Crippen molar-refractivity contribution in [3.05, 3.63) is 40.7 Å². The fourth-order valence-electron chi connectivity index (χ4n) is 7.04. The number of fused-ring (bicyclic) bond motifs is 4. The van der Waals surface area contributed by atoms with Gasteiger partial charge in [-0.1, -0.05) is 20.3 Å². The molecule has 1 unspecified atom stereocenters. The van der Waals surface area contributed by atoms with Crippen LogP contribution in [0.15, 0.2) is 12.4 Å². The van der Waals surface area contributed by atoms with Crippen LogP contribution in [-0.4, -0.2) is 51.8 Å². The predicted octanol–water partition coefficient (Wildman–Crippen LogP) is 6.79. The van der Waals surface area contributed by atoms with E-state index in [0.717, 1.165) is 49.0 Å². The average Bonchev–Trinajstić information content (AvgIpc) is 3.68. The Hall–Kier alpha value is -3.99. The van der Waals surface area contributed by atoms with Crippen LogP contribution in [0.3, 0.4) is 0 Å². The quantitative estimate of drug-likeness (QED) is 0.241. The maximum Gasteiger partial charge on any atom is 0.412 e. The van der Waals surface area contributed by atoms with Crippen LogP contribution in [-0.2, 0) is 22.7 Å². The number of aromatic nitrogens is 3. The van der Waals surface area contributed by atoms with E-state index in [1.165, 1.54) is 6.42 Å². The lowest BCUT2D eigenvalue weighted by atomic mass is 9.65. The number of benzene rings is 1. The Morgan fingerprint density at radius 2 is 1.98 bits per heavy atom. The minimum atomic E-state index is -0.794. The van der Waals surface area contributed by atoms with Gasteiger partial charge in [0, 0.05) is 53.1 Å². The predicted molar refractivity (Wildman–Crippen MR) is 172 cm³/mol. The van der Waals surface area contributed by atoms with Gasteiger partial charge in [0.2, 0.25) is 5.95 Å². The third-order valence-electron chi connectivity index (χ3n) is 9.13. The van der Waals surface area contributed by atoms with Gasteiger partial charge in [-0.25, -0.2) is 23.5 Å². The molecule has 4 aromatic rings. The first-order chi connectivity index (χ1) is 21.9. The van der Waals surface area contributed by atoms with Crippen LogP contribution in [0.5, 0.6) is 0 Å². The number of hydrogen-bond acceptors (Lipinski definition) is 10. The molecular formula is C33H35F2N7O3S. The zero-order valence-electron chi connectivity index (χ0n) is 26.4. The summed E-state index contributed by atoms with van der Waals surface area (Å²) in [6.45, 7) is 11.2. The molecule has 1 spiro atoms. The van der Waals surface area contributed by atoms with Crippen LogP contribution >= 0.6 is 11.3 Å². The summed E-state index contributed by atoms with van der Waals surface area (Å²) in [7, 11) is 0. The van der Waals surface area contributed by atoms with E-state index >= 15 is 8.78 Å². The summed E-state index contributed by atoms with van der Waals surface area (Å²) in [5.41, 5.74) is 0.910. The van der Waals surface area contributed by atoms with Crippen molar-refractivity contribution >= 4 is 49.4 Å². The number of nitrogens with zero attached hydrogens (tertiary/aromatic N) is 5. The highest BCUT2D eigenvalue weighted by atomic mass is 32.1. The first kappa shape index (κ1) is 30.7. The van der Waals surface area contributed by atoms with Crippen LogP contribution in [0.4, 0.5) is 24.5 Å². The molecule has 13 heteroatoms. The van der Waals surface area contributed by atoms with Crippen molar-refractivity contribution in [3.63, 3.8) is 0 Å². The Labute approximate surface area is 269 Å². The fourth-order valence-corrected chi connectivity index (χ4v) is 8.08. The number of hydrogen-bond donors (Lipinski definition) is 2. The van der Waals surface area contributed by atoms with Gasteiger partial charge in [-0.05, 0) is 44.7 Å². The van der Waals surface area contributed by atoms with Gasteiger partial charge in [-0.15, -0.1) is 11.3 Å². The molecule has 2 fully saturated rings. The van der Waals surface area contributed by atoms with Crippen LogP contribution in [0, 0.1) is 28.4 Å². The molecule has 46 heavy (non-hydrogen) atoms. The molecule has 1 aromatic carbocycles. The van der Waals surface area contributed by atoms with Crippen molar-refractivity contribution in [2.24, 2.45) is 5.41 Å². The van der Waals surface area contributed by atoms with E-state index in [1.54, 1.807) is 27.0 Å². The zero-order chi connectivity index (χ0) is 32.5. The highest BCUT2D eigenvalue weighted by molar-refractivity contribution is 7.23. The summed E-state index contributed by atoms with van der Waals surface area (Å²) >= 11 is 0.871. The van der Waals surface area contributed by atoms with Crippen molar-refractivity contribution < 1.29 is 23.0 Å². The molecule has 5 heterocycles. The van der Waals surface area contributed by atoms with Gasteiger partial charge in [0.05, 0.1) is 35.4 Å². The van der Waals surface area contributed by atoms with Gasteiger partial charge in [-0.2, -0.15) is 5.26 Å². The van der Waals surface area contributed by atoms with Crippen LogP contribution < -0.4 is 15.5 Å². The Kier molecular flexibility index (Phi) is 7.38. The first-order valence-corrected chi connectivity index (χ1v) is 16.3. The van der Waals surface area contributed by atoms with Gasteiger partial charge in [0.15, 0.2) is 11.6 Å². The molecule has 7 rings (SSSR count). The van der Waals surface area contributed by atoms with E-state index in [0.29, 0.717) is 22.9 Å². The second-order valence-corrected chi connectivity index (χ2v) is 14.8. The van der Waals surface area contributed by atoms with E-state index in [1.807, 2.05) is 0 Å². The first-order valence-electron chi connectivity index (χ1n) is 15.5. The van der Waals surface area contributed by atoms with Crippen molar-refractivity contribution in [1.29, 1.82) is 5.26 Å². The molecule has 0 radical (unpaired) electrons. The van der Waals surface area contributed by atoms with Gasteiger partial charge < -0.3 is 19.7 Å². The third kappa shape index (κ3) is 5.03. The molecule has 1 atom stereocenters. The number of nitriles is 1. The number of rotatable bonds is 5. The number of amides is 1. The molecule has 0 bridgehead atoms. The standard InChI is InChI=1S/C33H35F2N7O3S/c1-16(2)39-22-12-42(15-33(22)7-6-8-33)30-38-10-18-19-13-44-14-20(19)23(25(35)26(18)40-30)27-24-17(9-36)29(41-31(43)45-32(3,4)5)46-28(24)21(34)11-37-27/h10-11,16,22,39H,6-8,12-15H2,1-5H3,(H,41,43). The molecule has 1 amide bonds. The number of carbonyl (C=O) groups excluding carboxylic acids is 1. The van der Waals surface area contributed by atoms with Gasteiger partial charge in [0.1, 0.15) is 22.2 Å². The molecule has 240 valence electrons. The Morgan fingerprint density at radius 1 is 1.22 bits per heavy atom. The van der Waals surface area contributed by atoms with E-state index in [4.69, 9.17) is 19.4 Å². The largest absolute Gasteiger partial charge is 0.444 e. The third-order valence-corrected chi connectivity index (χ3v) is 10.2. The lowest BCUT2D eigenvalue weighted by Crippen LogP contribution is -2.50. The maximum absolute atomic E-state index is 16.9. The molecule has 2 N–H and O–H groups in total. The summed E-state index contributed by atoms with van der Waals surface area (Å²) in [4.78, 5) is 28.6. The van der Waals surface area contributed by atoms with Crippen LogP contribution in [0.2, 0.25) is 0 Å². The Balaban J connectivity index is 1.36. The second-order valence-electron chi connectivity index (χ2n) is 13.7. The molecule has 2 aliphatic heterocycles. The number of halogens is 2. The summed E-state index contributed by atoms with van der Waals surface area (Å²) in [6, 6.07) is 2.69. The normalized spacial score (nSPS) is 18.8. The van der Waals surface area contributed by atoms with Crippen LogP contribution in [0.1, 0.15) is 70.6 Å². The van der Waals surface area contributed by atoms with Gasteiger partial charge in [-0.3, -0.25) is 10.3 Å². The van der Waals surface area contributed by atoms with E-state index in [-0.39, 0.29) is 62.1 Å². The van der Waals surface area contributed by atoms with Gasteiger partial charge >= 0.3 is 6.09 Å². The Bertz CT molecular complexity index is 1940. The molecule has 3 aromatic heterocycles. The van der Waals surface area contributed by atoms with Crippen LogP contribution in [0.25, 0.3) is 32.2 Å². The molecule has 1 saturated carbocycles. The molecule has 10 nitrogen and oxygen atoms in total. The summed E-state index contributed by atoms with van der Waals surface area (Å²) in [6.07, 6.45) is 5.32. The van der Waals surface area contributed by atoms with E-state index in [2.05, 4.69) is 40.4 Å². The summed E-state index contributed by atoms with van der Waals surface area (Å²) < 4.78 is 43.4. The smallest absolute Gasteiger partial charge is 0.412 e. The second kappa shape index (κ2) is 11.1. The lowest BCUT2D eigenvalue weighted by Gasteiger charge is -2.43. The number of thiophene rings is 1. The number of anilines is 2. The minimum Gasteiger partial charge on any atom is -0.444 e. The van der Waals surface area contributed by atoms with Crippen molar-refractivity contribution in [2.45, 2.75) is 84.8 Å². The average molecular weight is 648 g/mol. The highest BCUT2D eigenvalue weighted by Crippen LogP contribution is 2.50. The SMILES string of the molecule is CC(C)NC1CN(c2ncc3c4c(c(-c5ncc(F)c6sc(NC(=O)OC(C)(C)C)c(C#N)c56)c(F)c3n2)COC4)CC12CCC2. The lowest BCUT2D eigenvalue weighted by molar-refractivity contribution is 0.0636. The topological polar surface area (TPSA) is 125 Å². The number of pyridine rings is 1. The molecular weight excluding hydrogens is 612 g/mol. The van der Waals surface area contributed by atoms with Crippen molar-refractivity contribution in [1.82, 2.24) is 20.3 Å². The van der Waals surface area contributed by atoms with Crippen molar-refractivity contribution in [2.75, 3.05) is 23.3 Å². The number of ether oxygens (including phenoxy) is 2. The molecule has 3 aliphatic rings. The maximum atomic E-state index is 16.9. The fraction of sp³-hybridized carbons (Fsp3) is 0.485. The number of nitrogens with one attached hydrogen (secondary N) is 2. The van der Waals surface area contributed by atoms with Crippen molar-refractivity contribution in [3.8, 4) is 17.3 Å². The van der Waals surface area contributed by atoms with E-state index < -0.39 is 23.3 Å². The molecule has 1 saturated heterocycles. The summed E-state index contributed by atoms with van der Waals surface area (Å²) in [5, 5.41) is 17.2.